The van der Waals surface area contributed by atoms with Crippen molar-refractivity contribution in [3.05, 3.63) is 17.2 Å². The van der Waals surface area contributed by atoms with Crippen LogP contribution in [0.2, 0.25) is 5.15 Å². The molecule has 0 aromatic carbocycles. The zero-order valence-electron chi connectivity index (χ0n) is 18.0. The van der Waals surface area contributed by atoms with E-state index >= 15 is 0 Å². The summed E-state index contributed by atoms with van der Waals surface area (Å²) in [7, 11) is 0. The second kappa shape index (κ2) is 8.35. The molecule has 178 valence electrons. The quantitative estimate of drug-likeness (QED) is 0.646. The molecule has 3 fully saturated rings. The highest BCUT2D eigenvalue weighted by Crippen LogP contribution is 2.40. The van der Waals surface area contributed by atoms with Gasteiger partial charge in [-0.2, -0.15) is 9.97 Å². The van der Waals surface area contributed by atoms with E-state index in [0.717, 1.165) is 19.4 Å². The number of rotatable bonds is 5. The van der Waals surface area contributed by atoms with Crippen molar-refractivity contribution >= 4 is 28.6 Å². The lowest BCUT2D eigenvalue weighted by Crippen LogP contribution is -2.43. The first-order valence-electron chi connectivity index (χ1n) is 11.0. The molecule has 9 nitrogen and oxygen atoms in total. The highest BCUT2D eigenvalue weighted by atomic mass is 35.5. The van der Waals surface area contributed by atoms with Crippen molar-refractivity contribution in [3.63, 3.8) is 0 Å². The molecule has 3 saturated heterocycles. The van der Waals surface area contributed by atoms with Gasteiger partial charge in [-0.1, -0.05) is 11.6 Å². The highest BCUT2D eigenvalue weighted by molar-refractivity contribution is 6.30. The molecule has 33 heavy (non-hydrogen) atoms. The van der Waals surface area contributed by atoms with Gasteiger partial charge in [0.15, 0.2) is 11.0 Å². The van der Waals surface area contributed by atoms with E-state index in [9.17, 15) is 18.7 Å². The molecule has 1 N–H and O–H groups in total. The van der Waals surface area contributed by atoms with Gasteiger partial charge in [-0.3, -0.25) is 4.90 Å². The number of nitrogens with zero attached hydrogens (tertiary/aromatic N) is 5. The summed E-state index contributed by atoms with van der Waals surface area (Å²) in [5.74, 6) is -0.791. The molecule has 3 aliphatic heterocycles. The molecular formula is C21H24ClF2N5O4. The van der Waals surface area contributed by atoms with Crippen molar-refractivity contribution in [1.29, 1.82) is 0 Å². The van der Waals surface area contributed by atoms with E-state index in [-0.39, 0.29) is 34.6 Å². The summed E-state index contributed by atoms with van der Waals surface area (Å²) >= 11 is 5.86. The van der Waals surface area contributed by atoms with Crippen molar-refractivity contribution in [1.82, 2.24) is 24.8 Å². The molecule has 5 rings (SSSR count). The maximum atomic E-state index is 14.8. The standard InChI is InChI=1S/C21H24ClF2N5O4/c1-11-14(3-6-29(11)20(30)31)33-18-13-8-25-17(22)15(24)16(13)26-19(27-18)32-10-21-4-2-5-28(21)9-12(23)7-21/h8,11-12,14H,2-7,9-10H2,1H3,(H,30,31)/t11-,12-,14-,21+/m1/s1. The number of carboxylic acid groups (broad SMARTS) is 1. The molecule has 2 aromatic heterocycles. The van der Waals surface area contributed by atoms with Crippen molar-refractivity contribution in [3.8, 4) is 11.9 Å². The third-order valence-corrected chi connectivity index (χ3v) is 7.27. The Bertz CT molecular complexity index is 1090. The van der Waals surface area contributed by atoms with Gasteiger partial charge in [-0.05, 0) is 26.3 Å². The summed E-state index contributed by atoms with van der Waals surface area (Å²) in [6.07, 6.45) is 1.47. The minimum absolute atomic E-state index is 0.0396. The SMILES string of the molecule is C[C@@H]1[C@H](Oc2nc(OC[C@@]34CCCN3C[C@H](F)C4)nc3c(F)c(Cl)ncc23)CCN1C(=O)O. The van der Waals surface area contributed by atoms with Crippen LogP contribution in [0.25, 0.3) is 10.9 Å². The lowest BCUT2D eigenvalue weighted by Gasteiger charge is -2.30. The van der Waals surface area contributed by atoms with E-state index in [4.69, 9.17) is 21.1 Å². The number of amides is 1. The number of alkyl halides is 1. The van der Waals surface area contributed by atoms with Gasteiger partial charge in [0.1, 0.15) is 24.4 Å². The second-order valence-corrected chi connectivity index (χ2v) is 9.32. The second-order valence-electron chi connectivity index (χ2n) is 8.96. The average Bonchev–Trinajstić information content (AvgIpc) is 3.41. The highest BCUT2D eigenvalue weighted by Gasteiger charge is 2.49. The molecule has 0 bridgehead atoms. The van der Waals surface area contributed by atoms with Gasteiger partial charge in [0.05, 0.1) is 17.0 Å². The summed E-state index contributed by atoms with van der Waals surface area (Å²) in [6, 6.07) is -0.532. The topological polar surface area (TPSA) is 101 Å². The van der Waals surface area contributed by atoms with Crippen molar-refractivity contribution in [2.24, 2.45) is 0 Å². The normalized spacial score (nSPS) is 29.6. The third kappa shape index (κ3) is 3.90. The average molecular weight is 484 g/mol. The van der Waals surface area contributed by atoms with Crippen LogP contribution >= 0.6 is 11.6 Å². The maximum Gasteiger partial charge on any atom is 0.407 e. The first-order valence-corrected chi connectivity index (χ1v) is 11.3. The van der Waals surface area contributed by atoms with Crippen LogP contribution in [0.5, 0.6) is 11.9 Å². The van der Waals surface area contributed by atoms with Crippen molar-refractivity contribution < 1.29 is 28.2 Å². The van der Waals surface area contributed by atoms with Gasteiger partial charge in [0.2, 0.25) is 5.88 Å². The Morgan fingerprint density at radius 3 is 2.97 bits per heavy atom. The van der Waals surface area contributed by atoms with E-state index < -0.39 is 35.8 Å². The Morgan fingerprint density at radius 1 is 1.39 bits per heavy atom. The summed E-state index contributed by atoms with van der Waals surface area (Å²) < 4.78 is 40.8. The Kier molecular flexibility index (Phi) is 5.64. The molecule has 0 unspecified atom stereocenters. The number of fused-ring (bicyclic) bond motifs is 2. The molecule has 4 atom stereocenters. The lowest BCUT2D eigenvalue weighted by molar-refractivity contribution is 0.103. The number of halogens is 3. The van der Waals surface area contributed by atoms with Gasteiger partial charge >= 0.3 is 12.1 Å². The zero-order chi connectivity index (χ0) is 23.3. The predicted octanol–water partition coefficient (Wildman–Crippen LogP) is 3.29. The molecule has 0 spiro atoms. The number of hydrogen-bond acceptors (Lipinski definition) is 7. The molecule has 0 aliphatic carbocycles. The summed E-state index contributed by atoms with van der Waals surface area (Å²) in [5, 5.41) is 9.19. The fourth-order valence-corrected chi connectivity index (χ4v) is 5.41. The van der Waals surface area contributed by atoms with Gasteiger partial charge in [0.25, 0.3) is 0 Å². The van der Waals surface area contributed by atoms with Crippen LogP contribution in [0.3, 0.4) is 0 Å². The van der Waals surface area contributed by atoms with Gasteiger partial charge < -0.3 is 19.5 Å². The number of ether oxygens (including phenoxy) is 2. The first kappa shape index (κ1) is 22.3. The van der Waals surface area contributed by atoms with E-state index in [1.165, 1.54) is 11.1 Å². The van der Waals surface area contributed by atoms with Crippen LogP contribution in [0.15, 0.2) is 6.20 Å². The molecule has 3 aliphatic rings. The van der Waals surface area contributed by atoms with Crippen molar-refractivity contribution in [2.45, 2.75) is 56.5 Å². The lowest BCUT2D eigenvalue weighted by atomic mass is 9.95. The number of aromatic nitrogens is 3. The largest absolute Gasteiger partial charge is 0.471 e. The van der Waals surface area contributed by atoms with E-state index in [1.807, 2.05) is 0 Å². The smallest absolute Gasteiger partial charge is 0.407 e. The van der Waals surface area contributed by atoms with Crippen LogP contribution in [-0.2, 0) is 0 Å². The molecule has 0 radical (unpaired) electrons. The van der Waals surface area contributed by atoms with E-state index in [2.05, 4.69) is 19.9 Å². The molecule has 12 heteroatoms. The van der Waals surface area contributed by atoms with Crippen LogP contribution < -0.4 is 9.47 Å². The van der Waals surface area contributed by atoms with Gasteiger partial charge in [0, 0.05) is 32.1 Å². The Morgan fingerprint density at radius 2 is 2.21 bits per heavy atom. The molecule has 0 saturated carbocycles. The molecule has 2 aromatic rings. The Labute approximate surface area is 193 Å². The Balaban J connectivity index is 1.45. The number of hydrogen-bond donors (Lipinski definition) is 1. The monoisotopic (exact) mass is 483 g/mol. The summed E-state index contributed by atoms with van der Waals surface area (Å²) in [6.45, 7) is 3.42. The summed E-state index contributed by atoms with van der Waals surface area (Å²) in [4.78, 5) is 27.2. The predicted molar refractivity (Wildman–Crippen MR) is 114 cm³/mol. The van der Waals surface area contributed by atoms with Crippen LogP contribution in [0.1, 0.15) is 32.6 Å². The van der Waals surface area contributed by atoms with Crippen molar-refractivity contribution in [2.75, 3.05) is 26.2 Å². The zero-order valence-corrected chi connectivity index (χ0v) is 18.8. The van der Waals surface area contributed by atoms with Crippen LogP contribution in [0, 0.1) is 5.82 Å². The van der Waals surface area contributed by atoms with Gasteiger partial charge in [-0.15, -0.1) is 0 Å². The number of likely N-dealkylation sites (tertiary alicyclic amines) is 1. The molecular weight excluding hydrogens is 460 g/mol. The Hall–Kier alpha value is -2.53. The maximum absolute atomic E-state index is 14.8. The fourth-order valence-electron chi connectivity index (χ4n) is 5.27. The minimum Gasteiger partial charge on any atom is -0.471 e. The van der Waals surface area contributed by atoms with Crippen LogP contribution in [0.4, 0.5) is 13.6 Å². The summed E-state index contributed by atoms with van der Waals surface area (Å²) in [5.41, 5.74) is -0.527. The number of pyridine rings is 1. The van der Waals surface area contributed by atoms with Crippen LogP contribution in [-0.4, -0.2) is 86.0 Å². The molecule has 5 heterocycles. The third-order valence-electron chi connectivity index (χ3n) is 7.01. The fraction of sp³-hybridized carbons (Fsp3) is 0.619. The minimum atomic E-state index is -1.03. The first-order chi connectivity index (χ1) is 15.8. The number of carbonyl (C=O) groups is 1. The van der Waals surface area contributed by atoms with E-state index in [1.54, 1.807) is 6.92 Å². The molecule has 1 amide bonds. The van der Waals surface area contributed by atoms with Gasteiger partial charge in [-0.25, -0.2) is 18.6 Å². The van der Waals surface area contributed by atoms with E-state index in [0.29, 0.717) is 25.9 Å².